The molecule has 0 unspecified atom stereocenters. The second kappa shape index (κ2) is 11.8. The van der Waals surface area contributed by atoms with Crippen LogP contribution >= 0.6 is 0 Å². The van der Waals surface area contributed by atoms with E-state index in [1.54, 1.807) is 0 Å². The van der Waals surface area contributed by atoms with Gasteiger partial charge in [0.2, 0.25) is 0 Å². The summed E-state index contributed by atoms with van der Waals surface area (Å²) in [4.78, 5) is 0. The van der Waals surface area contributed by atoms with E-state index in [1.165, 1.54) is 50.0 Å². The fourth-order valence-electron chi connectivity index (χ4n) is 7.44. The Hall–Kier alpha value is -5.80. The molecule has 7 aromatic rings. The van der Waals surface area contributed by atoms with Crippen LogP contribution in [0.15, 0.2) is 158 Å². The van der Waals surface area contributed by atoms with Gasteiger partial charge in [-0.1, -0.05) is 133 Å². The average Bonchev–Trinajstić information content (AvgIpc) is 3.14. The van der Waals surface area contributed by atoms with Gasteiger partial charge in [0.05, 0.1) is 0 Å². The molecule has 2 aliphatic heterocycles. The van der Waals surface area contributed by atoms with Crippen molar-refractivity contribution < 1.29 is 9.47 Å². The lowest BCUT2D eigenvalue weighted by molar-refractivity contribution is 0.464. The molecule has 2 heterocycles. The van der Waals surface area contributed by atoms with Crippen molar-refractivity contribution in [1.29, 1.82) is 0 Å². The van der Waals surface area contributed by atoms with Gasteiger partial charge in [-0.2, -0.15) is 0 Å². The number of aryl methyl sites for hydroxylation is 3. The van der Waals surface area contributed by atoms with Crippen LogP contribution in [-0.2, 0) is 12.8 Å². The maximum atomic E-state index is 6.54. The minimum Gasteiger partial charge on any atom is -0.458 e. The lowest BCUT2D eigenvalue weighted by Crippen LogP contribution is -2.57. The predicted molar refractivity (Wildman–Crippen MR) is 199 cm³/mol. The number of rotatable bonds is 6. The molecule has 3 heteroatoms. The second-order valence-electron chi connectivity index (χ2n) is 12.8. The van der Waals surface area contributed by atoms with Crippen molar-refractivity contribution in [3.63, 3.8) is 0 Å². The van der Waals surface area contributed by atoms with Gasteiger partial charge in [-0.15, -0.1) is 0 Å². The van der Waals surface area contributed by atoms with Gasteiger partial charge in [-0.05, 0) is 105 Å². The monoisotopic (exact) mass is 616 g/mol. The van der Waals surface area contributed by atoms with Crippen LogP contribution in [0.5, 0.6) is 23.0 Å². The molecule has 2 aliphatic rings. The molecule has 0 aromatic heterocycles. The van der Waals surface area contributed by atoms with Crippen LogP contribution < -0.4 is 25.9 Å². The summed E-state index contributed by atoms with van der Waals surface area (Å²) >= 11 is 0. The summed E-state index contributed by atoms with van der Waals surface area (Å²) in [6.45, 7) is 2.22. The number of benzene rings is 7. The molecule has 0 saturated heterocycles. The first kappa shape index (κ1) is 28.4. The van der Waals surface area contributed by atoms with E-state index in [1.807, 2.05) is 18.2 Å². The van der Waals surface area contributed by atoms with Crippen molar-refractivity contribution in [1.82, 2.24) is 0 Å². The van der Waals surface area contributed by atoms with Crippen LogP contribution in [0.4, 0.5) is 0 Å². The Kier molecular flexibility index (Phi) is 6.97. The summed E-state index contributed by atoms with van der Waals surface area (Å²) in [6, 6.07) is 56.4. The van der Waals surface area contributed by atoms with Gasteiger partial charge < -0.3 is 9.47 Å². The Balaban J connectivity index is 1.02. The van der Waals surface area contributed by atoms with E-state index in [2.05, 4.69) is 146 Å². The Labute approximate surface area is 282 Å². The molecular formula is C45H33BO2. The Bertz CT molecular complexity index is 2310. The Morgan fingerprint density at radius 3 is 1.90 bits per heavy atom. The van der Waals surface area contributed by atoms with Crippen LogP contribution in [-0.4, -0.2) is 6.71 Å². The van der Waals surface area contributed by atoms with Crippen LogP contribution in [0.1, 0.15) is 16.7 Å². The first-order valence-electron chi connectivity index (χ1n) is 16.7. The van der Waals surface area contributed by atoms with Crippen molar-refractivity contribution in [3.8, 4) is 56.4 Å². The molecule has 0 saturated carbocycles. The largest absolute Gasteiger partial charge is 0.458 e. The SMILES string of the molecule is Cc1ccccc1-c1ccccc1CCc1ccc(-c2ccc3c(c2)B2c4ccc(-c5ccccc5)cc4Oc4cccc(c42)O3)cc1. The van der Waals surface area contributed by atoms with E-state index < -0.39 is 0 Å². The molecule has 7 aromatic carbocycles. The summed E-state index contributed by atoms with van der Waals surface area (Å²) in [5.74, 6) is 3.53. The molecule has 0 radical (unpaired) electrons. The minimum atomic E-state index is 0.0288. The van der Waals surface area contributed by atoms with Gasteiger partial charge in [-0.3, -0.25) is 0 Å². The van der Waals surface area contributed by atoms with E-state index in [0.29, 0.717) is 0 Å². The van der Waals surface area contributed by atoms with Gasteiger partial charge in [0.1, 0.15) is 23.0 Å². The van der Waals surface area contributed by atoms with Crippen molar-refractivity contribution in [2.45, 2.75) is 19.8 Å². The average molecular weight is 617 g/mol. The zero-order valence-electron chi connectivity index (χ0n) is 26.8. The van der Waals surface area contributed by atoms with Gasteiger partial charge in [0, 0.05) is 5.46 Å². The number of hydrogen-bond acceptors (Lipinski definition) is 2. The molecule has 0 fully saturated rings. The number of ether oxygens (including phenoxy) is 2. The molecule has 228 valence electrons. The number of fused-ring (bicyclic) bond motifs is 4. The van der Waals surface area contributed by atoms with Gasteiger partial charge in [0.15, 0.2) is 0 Å². The lowest BCUT2D eigenvalue weighted by Gasteiger charge is -2.33. The molecule has 0 N–H and O–H groups in total. The Morgan fingerprint density at radius 1 is 0.438 bits per heavy atom. The molecule has 0 amide bonds. The molecule has 0 spiro atoms. The van der Waals surface area contributed by atoms with E-state index in [-0.39, 0.29) is 6.71 Å². The zero-order chi connectivity index (χ0) is 32.0. The zero-order valence-corrected chi connectivity index (χ0v) is 26.8. The fourth-order valence-corrected chi connectivity index (χ4v) is 7.44. The smallest absolute Gasteiger partial charge is 0.260 e. The van der Waals surface area contributed by atoms with Gasteiger partial charge in [-0.25, -0.2) is 0 Å². The highest BCUT2D eigenvalue weighted by molar-refractivity contribution is 6.98. The minimum absolute atomic E-state index is 0.0288. The first-order valence-corrected chi connectivity index (χ1v) is 16.7. The van der Waals surface area contributed by atoms with Gasteiger partial charge in [0.25, 0.3) is 6.71 Å². The Morgan fingerprint density at radius 2 is 1.08 bits per heavy atom. The van der Waals surface area contributed by atoms with Crippen molar-refractivity contribution >= 4 is 23.1 Å². The van der Waals surface area contributed by atoms with Crippen LogP contribution in [0.2, 0.25) is 0 Å². The van der Waals surface area contributed by atoms with Gasteiger partial charge >= 0.3 is 0 Å². The summed E-state index contributed by atoms with van der Waals surface area (Å²) < 4.78 is 13.0. The second-order valence-corrected chi connectivity index (χ2v) is 12.8. The van der Waals surface area contributed by atoms with Crippen molar-refractivity contribution in [3.05, 3.63) is 174 Å². The maximum absolute atomic E-state index is 6.54. The molecule has 2 nitrogen and oxygen atoms in total. The molecule has 48 heavy (non-hydrogen) atoms. The van der Waals surface area contributed by atoms with Crippen LogP contribution in [0.25, 0.3) is 33.4 Å². The van der Waals surface area contributed by atoms with Crippen molar-refractivity contribution in [2.24, 2.45) is 0 Å². The van der Waals surface area contributed by atoms with Crippen LogP contribution in [0.3, 0.4) is 0 Å². The molecule has 9 rings (SSSR count). The maximum Gasteiger partial charge on any atom is 0.260 e. The summed E-state index contributed by atoms with van der Waals surface area (Å²) in [7, 11) is 0. The quantitative estimate of drug-likeness (QED) is 0.173. The third-order valence-electron chi connectivity index (χ3n) is 9.93. The predicted octanol–water partition coefficient (Wildman–Crippen LogP) is 9.51. The summed E-state index contributed by atoms with van der Waals surface area (Å²) in [5.41, 5.74) is 14.8. The summed E-state index contributed by atoms with van der Waals surface area (Å²) in [5, 5.41) is 0. The number of hydrogen-bond donors (Lipinski definition) is 0. The van der Waals surface area contributed by atoms with E-state index in [4.69, 9.17) is 9.47 Å². The summed E-state index contributed by atoms with van der Waals surface area (Å²) in [6.07, 6.45) is 1.99. The van der Waals surface area contributed by atoms with E-state index in [9.17, 15) is 0 Å². The lowest BCUT2D eigenvalue weighted by atomic mass is 9.34. The van der Waals surface area contributed by atoms with E-state index >= 15 is 0 Å². The topological polar surface area (TPSA) is 18.5 Å². The molecule has 0 atom stereocenters. The van der Waals surface area contributed by atoms with Crippen molar-refractivity contribution in [2.75, 3.05) is 0 Å². The van der Waals surface area contributed by atoms with E-state index in [0.717, 1.165) is 52.3 Å². The highest BCUT2D eigenvalue weighted by atomic mass is 16.5. The van der Waals surface area contributed by atoms with Crippen LogP contribution in [0, 0.1) is 6.92 Å². The fraction of sp³-hybridized carbons (Fsp3) is 0.0667. The molecular weight excluding hydrogens is 583 g/mol. The normalized spacial score (nSPS) is 12.3. The first-order chi connectivity index (χ1) is 23.7. The standard InChI is InChI=1S/C45H33BO2/c1-30-10-5-7-14-37(30)38-15-8-6-13-34(38)23-20-31-18-21-33(22-19-31)35-25-27-41-40(28-35)46-39-26-24-36(32-11-3-2-4-12-32)29-44(39)48-43-17-9-16-42(47-41)45(43)46/h2-19,21-22,24-29H,20,23H2,1H3. The third-order valence-corrected chi connectivity index (χ3v) is 9.93. The highest BCUT2D eigenvalue weighted by Gasteiger charge is 2.40. The third kappa shape index (κ3) is 5.00. The molecule has 0 bridgehead atoms. The molecule has 0 aliphatic carbocycles. The highest BCUT2D eigenvalue weighted by Crippen LogP contribution is 2.37.